The van der Waals surface area contributed by atoms with Gasteiger partial charge in [-0.05, 0) is 12.8 Å². The molecule has 2 aliphatic rings. The quantitative estimate of drug-likeness (QED) is 0.645. The Balaban J connectivity index is 1.94. The largest absolute Gasteiger partial charge is 0.500 e. The summed E-state index contributed by atoms with van der Waals surface area (Å²) >= 11 is 0. The Kier molecular flexibility index (Phi) is 2.64. The van der Waals surface area contributed by atoms with Crippen molar-refractivity contribution in [2.45, 2.75) is 19.3 Å². The average molecular weight is 182 g/mol. The standard InChI is InChI=1S/C10H14O3/c11-10(9-3-6-13-7-9)8-1-4-12-5-2-8/h7-8H,1-6H2. The van der Waals surface area contributed by atoms with E-state index in [0.717, 1.165) is 38.0 Å². The number of ether oxygens (including phenoxy) is 2. The lowest BCUT2D eigenvalue weighted by molar-refractivity contribution is -0.122. The van der Waals surface area contributed by atoms with Gasteiger partial charge in [0.25, 0.3) is 0 Å². The number of carbonyl (C=O) groups excluding carboxylic acids is 1. The molecule has 2 heterocycles. The maximum Gasteiger partial charge on any atom is 0.165 e. The van der Waals surface area contributed by atoms with Gasteiger partial charge in [0.05, 0.1) is 12.9 Å². The van der Waals surface area contributed by atoms with E-state index in [-0.39, 0.29) is 11.7 Å². The summed E-state index contributed by atoms with van der Waals surface area (Å²) in [6.45, 7) is 2.12. The lowest BCUT2D eigenvalue weighted by Gasteiger charge is -2.20. The molecule has 1 saturated heterocycles. The minimum Gasteiger partial charge on any atom is -0.500 e. The number of hydrogen-bond acceptors (Lipinski definition) is 3. The zero-order chi connectivity index (χ0) is 9.10. The Morgan fingerprint density at radius 1 is 1.31 bits per heavy atom. The first-order chi connectivity index (χ1) is 6.38. The molecular weight excluding hydrogens is 168 g/mol. The topological polar surface area (TPSA) is 35.5 Å². The van der Waals surface area contributed by atoms with Crippen LogP contribution in [0, 0.1) is 5.92 Å². The molecule has 1 fully saturated rings. The molecular formula is C10H14O3. The molecule has 0 aromatic rings. The van der Waals surface area contributed by atoms with E-state index in [1.165, 1.54) is 0 Å². The maximum atomic E-state index is 11.8. The van der Waals surface area contributed by atoms with Crippen molar-refractivity contribution in [3.8, 4) is 0 Å². The number of carbonyl (C=O) groups is 1. The molecule has 0 aromatic heterocycles. The first kappa shape index (κ1) is 8.75. The molecule has 0 unspecified atom stereocenters. The predicted molar refractivity (Wildman–Crippen MR) is 47.2 cm³/mol. The molecule has 0 saturated carbocycles. The zero-order valence-electron chi connectivity index (χ0n) is 7.62. The van der Waals surface area contributed by atoms with Crippen LogP contribution in [0.15, 0.2) is 11.8 Å². The highest BCUT2D eigenvalue weighted by molar-refractivity contribution is 5.97. The van der Waals surface area contributed by atoms with E-state index in [4.69, 9.17) is 9.47 Å². The first-order valence-corrected chi connectivity index (χ1v) is 4.80. The molecule has 0 amide bonds. The van der Waals surface area contributed by atoms with Gasteiger partial charge in [-0.15, -0.1) is 0 Å². The van der Waals surface area contributed by atoms with Gasteiger partial charge in [-0.3, -0.25) is 4.79 Å². The smallest absolute Gasteiger partial charge is 0.165 e. The van der Waals surface area contributed by atoms with Crippen molar-refractivity contribution < 1.29 is 14.3 Å². The summed E-state index contributed by atoms with van der Waals surface area (Å²) < 4.78 is 10.3. The summed E-state index contributed by atoms with van der Waals surface area (Å²) in [4.78, 5) is 11.8. The molecule has 13 heavy (non-hydrogen) atoms. The fourth-order valence-electron chi connectivity index (χ4n) is 1.79. The summed E-state index contributed by atoms with van der Waals surface area (Å²) in [6, 6.07) is 0. The van der Waals surface area contributed by atoms with Crippen LogP contribution in [0.25, 0.3) is 0 Å². The fraction of sp³-hybridized carbons (Fsp3) is 0.700. The van der Waals surface area contributed by atoms with Crippen LogP contribution < -0.4 is 0 Å². The normalized spacial score (nSPS) is 23.8. The van der Waals surface area contributed by atoms with Crippen LogP contribution in [0.1, 0.15) is 19.3 Å². The highest BCUT2D eigenvalue weighted by Crippen LogP contribution is 2.23. The SMILES string of the molecule is O=C(C1=COCC1)C1CCOCC1. The number of ketones is 1. The van der Waals surface area contributed by atoms with Gasteiger partial charge < -0.3 is 9.47 Å². The second-order valence-corrected chi connectivity index (χ2v) is 3.51. The Labute approximate surface area is 77.7 Å². The van der Waals surface area contributed by atoms with Crippen molar-refractivity contribution in [2.24, 2.45) is 5.92 Å². The summed E-state index contributed by atoms with van der Waals surface area (Å²) in [7, 11) is 0. The second-order valence-electron chi connectivity index (χ2n) is 3.51. The van der Waals surface area contributed by atoms with E-state index in [0.29, 0.717) is 6.61 Å². The second kappa shape index (κ2) is 3.92. The van der Waals surface area contributed by atoms with Crippen molar-refractivity contribution in [3.63, 3.8) is 0 Å². The molecule has 0 aromatic carbocycles. The Morgan fingerprint density at radius 2 is 2.08 bits per heavy atom. The molecule has 0 atom stereocenters. The van der Waals surface area contributed by atoms with Crippen molar-refractivity contribution in [3.05, 3.63) is 11.8 Å². The summed E-state index contributed by atoms with van der Waals surface area (Å²) in [5.74, 6) is 0.461. The lowest BCUT2D eigenvalue weighted by atomic mass is 9.90. The van der Waals surface area contributed by atoms with E-state index < -0.39 is 0 Å². The molecule has 0 bridgehead atoms. The Morgan fingerprint density at radius 3 is 2.69 bits per heavy atom. The van der Waals surface area contributed by atoms with Crippen molar-refractivity contribution in [1.29, 1.82) is 0 Å². The monoisotopic (exact) mass is 182 g/mol. The Bertz CT molecular complexity index is 226. The maximum absolute atomic E-state index is 11.8. The zero-order valence-corrected chi connectivity index (χ0v) is 7.62. The molecule has 3 heteroatoms. The van der Waals surface area contributed by atoms with Gasteiger partial charge in [-0.1, -0.05) is 0 Å². The van der Waals surface area contributed by atoms with Gasteiger partial charge >= 0.3 is 0 Å². The van der Waals surface area contributed by atoms with E-state index in [1.807, 2.05) is 0 Å². The summed E-state index contributed by atoms with van der Waals surface area (Å²) in [5, 5.41) is 0. The Hall–Kier alpha value is -0.830. The number of Topliss-reactive ketones (excluding diaryl/α,β-unsaturated/α-hetero) is 1. The molecule has 0 N–H and O–H groups in total. The number of hydrogen-bond donors (Lipinski definition) is 0. The van der Waals surface area contributed by atoms with Crippen LogP contribution in [0.4, 0.5) is 0 Å². The van der Waals surface area contributed by atoms with Crippen LogP contribution in [0.3, 0.4) is 0 Å². The minimum atomic E-state index is 0.182. The van der Waals surface area contributed by atoms with Gasteiger partial charge in [-0.2, -0.15) is 0 Å². The third kappa shape index (κ3) is 1.91. The molecule has 0 aliphatic carbocycles. The molecule has 2 rings (SSSR count). The van der Waals surface area contributed by atoms with E-state index >= 15 is 0 Å². The van der Waals surface area contributed by atoms with Crippen LogP contribution in [0.5, 0.6) is 0 Å². The highest BCUT2D eigenvalue weighted by atomic mass is 16.5. The van der Waals surface area contributed by atoms with Gasteiger partial charge in [-0.25, -0.2) is 0 Å². The van der Waals surface area contributed by atoms with Crippen LogP contribution in [0.2, 0.25) is 0 Å². The van der Waals surface area contributed by atoms with Crippen LogP contribution >= 0.6 is 0 Å². The van der Waals surface area contributed by atoms with Gasteiger partial charge in [0, 0.05) is 31.1 Å². The van der Waals surface area contributed by atoms with E-state index in [1.54, 1.807) is 6.26 Å². The molecule has 0 radical (unpaired) electrons. The predicted octanol–water partition coefficient (Wildman–Crippen LogP) is 1.29. The average Bonchev–Trinajstić information content (AvgIpc) is 2.71. The van der Waals surface area contributed by atoms with Crippen molar-refractivity contribution in [1.82, 2.24) is 0 Å². The minimum absolute atomic E-state index is 0.182. The highest BCUT2D eigenvalue weighted by Gasteiger charge is 2.25. The van der Waals surface area contributed by atoms with Crippen LogP contribution in [-0.2, 0) is 14.3 Å². The first-order valence-electron chi connectivity index (χ1n) is 4.80. The van der Waals surface area contributed by atoms with Crippen molar-refractivity contribution >= 4 is 5.78 Å². The third-order valence-corrected chi connectivity index (χ3v) is 2.62. The summed E-state index contributed by atoms with van der Waals surface area (Å²) in [6.07, 6.45) is 4.15. The third-order valence-electron chi connectivity index (χ3n) is 2.62. The lowest BCUT2D eigenvalue weighted by Crippen LogP contribution is -2.24. The molecule has 0 spiro atoms. The van der Waals surface area contributed by atoms with Gasteiger partial charge in [0.1, 0.15) is 0 Å². The molecule has 72 valence electrons. The summed E-state index contributed by atoms with van der Waals surface area (Å²) in [5.41, 5.74) is 0.868. The van der Waals surface area contributed by atoms with E-state index in [2.05, 4.69) is 0 Å². The van der Waals surface area contributed by atoms with Crippen LogP contribution in [-0.4, -0.2) is 25.6 Å². The van der Waals surface area contributed by atoms with Crippen molar-refractivity contribution in [2.75, 3.05) is 19.8 Å². The van der Waals surface area contributed by atoms with Gasteiger partial charge in [0.2, 0.25) is 0 Å². The van der Waals surface area contributed by atoms with Gasteiger partial charge in [0.15, 0.2) is 5.78 Å². The molecule has 3 nitrogen and oxygen atoms in total. The molecule has 2 aliphatic heterocycles. The number of rotatable bonds is 2. The fourth-order valence-corrected chi connectivity index (χ4v) is 1.79. The van der Waals surface area contributed by atoms with E-state index in [9.17, 15) is 4.79 Å².